The van der Waals surface area contributed by atoms with Gasteiger partial charge in [0, 0.05) is 6.07 Å². The van der Waals surface area contributed by atoms with Gasteiger partial charge in [-0.15, -0.1) is 0 Å². The number of carbonyl (C=O) groups is 1. The number of hydrazine groups is 1. The maximum Gasteiger partial charge on any atom is 0.268 e. The molecular formula is C13H13FN2O3. The van der Waals surface area contributed by atoms with Gasteiger partial charge < -0.3 is 9.15 Å². The summed E-state index contributed by atoms with van der Waals surface area (Å²) in [5.74, 6) is 5.06. The molecule has 3 N–H and O–H groups in total. The molecule has 2 rings (SSSR count). The number of furan rings is 1. The summed E-state index contributed by atoms with van der Waals surface area (Å²) in [6.07, 6.45) is 1.28. The Balaban J connectivity index is 2.04. The predicted octanol–water partition coefficient (Wildman–Crippen LogP) is 1.91. The molecule has 1 aromatic carbocycles. The second kappa shape index (κ2) is 5.53. The SMILES string of the molecule is Cc1ccc(F)cc1OCc1cc(C(=O)NN)co1. The minimum absolute atomic E-state index is 0.0993. The van der Waals surface area contributed by atoms with Crippen LogP contribution in [0.3, 0.4) is 0 Å². The first-order valence-electron chi connectivity index (χ1n) is 5.57. The lowest BCUT2D eigenvalue weighted by atomic mass is 10.2. The van der Waals surface area contributed by atoms with Crippen LogP contribution in [0.25, 0.3) is 0 Å². The molecule has 0 unspecified atom stereocenters. The minimum Gasteiger partial charge on any atom is -0.485 e. The summed E-state index contributed by atoms with van der Waals surface area (Å²) in [5, 5.41) is 0. The molecule has 0 aliphatic rings. The Labute approximate surface area is 109 Å². The van der Waals surface area contributed by atoms with Crippen molar-refractivity contribution in [2.75, 3.05) is 0 Å². The first-order chi connectivity index (χ1) is 9.10. The Bertz CT molecular complexity index is 595. The molecule has 1 amide bonds. The molecule has 0 aliphatic carbocycles. The Morgan fingerprint density at radius 3 is 3.00 bits per heavy atom. The Morgan fingerprint density at radius 1 is 1.47 bits per heavy atom. The van der Waals surface area contributed by atoms with Gasteiger partial charge in [0.1, 0.15) is 30.2 Å². The number of aryl methyl sites for hydroxylation is 1. The number of benzene rings is 1. The van der Waals surface area contributed by atoms with E-state index < -0.39 is 5.91 Å². The number of nitrogens with two attached hydrogens (primary N) is 1. The van der Waals surface area contributed by atoms with Crippen LogP contribution in [0.1, 0.15) is 21.7 Å². The number of hydrogen-bond acceptors (Lipinski definition) is 4. The van der Waals surface area contributed by atoms with Crippen LogP contribution in [0.15, 0.2) is 34.9 Å². The van der Waals surface area contributed by atoms with Crippen LogP contribution in [0.4, 0.5) is 4.39 Å². The summed E-state index contributed by atoms with van der Waals surface area (Å²) in [5.41, 5.74) is 3.11. The van der Waals surface area contributed by atoms with Gasteiger partial charge >= 0.3 is 0 Å². The molecule has 6 heteroatoms. The molecule has 0 spiro atoms. The van der Waals surface area contributed by atoms with E-state index in [0.717, 1.165) is 5.56 Å². The number of nitrogen functional groups attached to an aromatic ring is 1. The van der Waals surface area contributed by atoms with E-state index in [-0.39, 0.29) is 12.4 Å². The van der Waals surface area contributed by atoms with E-state index in [1.165, 1.54) is 24.5 Å². The number of halogens is 1. The number of rotatable bonds is 4. The molecule has 0 fully saturated rings. The summed E-state index contributed by atoms with van der Waals surface area (Å²) in [6.45, 7) is 1.91. The highest BCUT2D eigenvalue weighted by Gasteiger charge is 2.10. The van der Waals surface area contributed by atoms with Crippen molar-refractivity contribution in [1.29, 1.82) is 0 Å². The lowest BCUT2D eigenvalue weighted by molar-refractivity contribution is 0.0953. The molecule has 19 heavy (non-hydrogen) atoms. The third kappa shape index (κ3) is 3.11. The summed E-state index contributed by atoms with van der Waals surface area (Å²) < 4.78 is 23.6. The van der Waals surface area contributed by atoms with E-state index in [0.29, 0.717) is 17.1 Å². The summed E-state index contributed by atoms with van der Waals surface area (Å²) in [7, 11) is 0. The zero-order chi connectivity index (χ0) is 13.8. The fraction of sp³-hybridized carbons (Fsp3) is 0.154. The Kier molecular flexibility index (Phi) is 3.82. The number of nitrogens with one attached hydrogen (secondary N) is 1. The second-order valence-electron chi connectivity index (χ2n) is 3.97. The average Bonchev–Trinajstić information content (AvgIpc) is 2.88. The van der Waals surface area contributed by atoms with E-state index >= 15 is 0 Å². The molecule has 0 bridgehead atoms. The fourth-order valence-electron chi connectivity index (χ4n) is 1.54. The molecule has 1 heterocycles. The normalized spacial score (nSPS) is 10.3. The lowest BCUT2D eigenvalue weighted by Gasteiger charge is -2.07. The predicted molar refractivity (Wildman–Crippen MR) is 65.8 cm³/mol. The molecule has 0 atom stereocenters. The van der Waals surface area contributed by atoms with Crippen LogP contribution in [0.5, 0.6) is 5.75 Å². The van der Waals surface area contributed by atoms with Crippen molar-refractivity contribution in [3.05, 3.63) is 53.2 Å². The van der Waals surface area contributed by atoms with Gasteiger partial charge in [0.15, 0.2) is 0 Å². The van der Waals surface area contributed by atoms with Crippen LogP contribution in [-0.4, -0.2) is 5.91 Å². The second-order valence-corrected chi connectivity index (χ2v) is 3.97. The van der Waals surface area contributed by atoms with E-state index in [2.05, 4.69) is 0 Å². The van der Waals surface area contributed by atoms with Gasteiger partial charge in [-0.1, -0.05) is 6.07 Å². The molecular weight excluding hydrogens is 251 g/mol. The van der Waals surface area contributed by atoms with Crippen LogP contribution >= 0.6 is 0 Å². The maximum atomic E-state index is 13.1. The van der Waals surface area contributed by atoms with E-state index in [1.54, 1.807) is 6.07 Å². The minimum atomic E-state index is -0.447. The van der Waals surface area contributed by atoms with Gasteiger partial charge in [0.2, 0.25) is 0 Å². The van der Waals surface area contributed by atoms with Crippen molar-refractivity contribution in [3.8, 4) is 5.75 Å². The number of carbonyl (C=O) groups excluding carboxylic acids is 1. The molecule has 0 saturated heterocycles. The molecule has 0 saturated carbocycles. The fourth-order valence-corrected chi connectivity index (χ4v) is 1.54. The van der Waals surface area contributed by atoms with Gasteiger partial charge in [-0.3, -0.25) is 10.2 Å². The van der Waals surface area contributed by atoms with Gasteiger partial charge in [0.05, 0.1) is 5.56 Å². The van der Waals surface area contributed by atoms with Crippen LogP contribution in [0, 0.1) is 12.7 Å². The van der Waals surface area contributed by atoms with Crippen molar-refractivity contribution in [3.63, 3.8) is 0 Å². The summed E-state index contributed by atoms with van der Waals surface area (Å²) in [4.78, 5) is 11.2. The van der Waals surface area contributed by atoms with E-state index in [4.69, 9.17) is 15.0 Å². The largest absolute Gasteiger partial charge is 0.485 e. The van der Waals surface area contributed by atoms with Crippen LogP contribution in [0.2, 0.25) is 0 Å². The molecule has 1 aromatic heterocycles. The highest BCUT2D eigenvalue weighted by Crippen LogP contribution is 2.20. The van der Waals surface area contributed by atoms with Crippen molar-refractivity contribution >= 4 is 5.91 Å². The Morgan fingerprint density at radius 2 is 2.26 bits per heavy atom. The maximum absolute atomic E-state index is 13.1. The van der Waals surface area contributed by atoms with Gasteiger partial charge in [0.25, 0.3) is 5.91 Å². The average molecular weight is 264 g/mol. The van der Waals surface area contributed by atoms with E-state index in [9.17, 15) is 9.18 Å². The highest BCUT2D eigenvalue weighted by molar-refractivity contribution is 5.93. The summed E-state index contributed by atoms with van der Waals surface area (Å²) >= 11 is 0. The summed E-state index contributed by atoms with van der Waals surface area (Å²) in [6, 6.07) is 5.79. The van der Waals surface area contributed by atoms with Gasteiger partial charge in [-0.25, -0.2) is 10.2 Å². The zero-order valence-corrected chi connectivity index (χ0v) is 10.3. The van der Waals surface area contributed by atoms with Crippen molar-refractivity contribution < 1.29 is 18.3 Å². The first kappa shape index (κ1) is 13.1. The van der Waals surface area contributed by atoms with Crippen molar-refractivity contribution in [2.24, 2.45) is 5.84 Å². The van der Waals surface area contributed by atoms with Crippen molar-refractivity contribution in [2.45, 2.75) is 13.5 Å². The molecule has 2 aromatic rings. The highest BCUT2D eigenvalue weighted by atomic mass is 19.1. The van der Waals surface area contributed by atoms with E-state index in [1.807, 2.05) is 12.3 Å². The molecule has 0 aliphatic heterocycles. The molecule has 5 nitrogen and oxygen atoms in total. The quantitative estimate of drug-likeness (QED) is 0.502. The Hall–Kier alpha value is -2.34. The zero-order valence-electron chi connectivity index (χ0n) is 10.3. The number of amides is 1. The smallest absolute Gasteiger partial charge is 0.268 e. The monoisotopic (exact) mass is 264 g/mol. The van der Waals surface area contributed by atoms with Crippen LogP contribution in [-0.2, 0) is 6.61 Å². The van der Waals surface area contributed by atoms with Gasteiger partial charge in [-0.05, 0) is 24.6 Å². The first-order valence-corrected chi connectivity index (χ1v) is 5.57. The van der Waals surface area contributed by atoms with Crippen LogP contribution < -0.4 is 16.0 Å². The standard InChI is InChI=1S/C13H13FN2O3/c1-8-2-3-10(14)5-12(8)19-7-11-4-9(6-18-11)13(17)16-15/h2-6H,7,15H2,1H3,(H,16,17). The molecule has 100 valence electrons. The number of ether oxygens (including phenoxy) is 1. The topological polar surface area (TPSA) is 77.5 Å². The molecule has 0 radical (unpaired) electrons. The van der Waals surface area contributed by atoms with Gasteiger partial charge in [-0.2, -0.15) is 0 Å². The lowest BCUT2D eigenvalue weighted by Crippen LogP contribution is -2.29. The number of hydrogen-bond donors (Lipinski definition) is 2. The third-order valence-corrected chi connectivity index (χ3v) is 2.57. The van der Waals surface area contributed by atoms with Crippen molar-refractivity contribution in [1.82, 2.24) is 5.43 Å². The third-order valence-electron chi connectivity index (χ3n) is 2.57.